The molecule has 1 aromatic heterocycles. The number of likely N-dealkylation sites (tertiary alicyclic amines) is 2. The smallest absolute Gasteiger partial charge is 0.146 e. The second-order valence-electron chi connectivity index (χ2n) is 7.80. The molecule has 0 aliphatic carbocycles. The fourth-order valence-electron chi connectivity index (χ4n) is 4.26. The van der Waals surface area contributed by atoms with Crippen LogP contribution in [0.15, 0.2) is 18.2 Å². The molecule has 4 rings (SSSR count). The Hall–Kier alpha value is -1.86. The molecule has 2 aromatic rings. The van der Waals surface area contributed by atoms with Crippen LogP contribution in [0.5, 0.6) is 0 Å². The number of hydrogen-bond acceptors (Lipinski definition) is 4. The van der Waals surface area contributed by atoms with Crippen molar-refractivity contribution in [3.05, 3.63) is 47.0 Å². The van der Waals surface area contributed by atoms with Crippen LogP contribution in [-0.2, 0) is 20.1 Å². The summed E-state index contributed by atoms with van der Waals surface area (Å²) in [6.07, 6.45) is 4.48. The molecule has 0 unspecified atom stereocenters. The summed E-state index contributed by atoms with van der Waals surface area (Å²) >= 11 is 0. The van der Waals surface area contributed by atoms with Crippen molar-refractivity contribution in [1.82, 2.24) is 24.6 Å². The Bertz CT molecular complexity index is 777. The molecule has 2 saturated heterocycles. The van der Waals surface area contributed by atoms with Gasteiger partial charge in [-0.05, 0) is 70.1 Å². The van der Waals surface area contributed by atoms with Crippen molar-refractivity contribution < 1.29 is 8.78 Å². The van der Waals surface area contributed by atoms with E-state index in [4.69, 9.17) is 0 Å². The molecule has 0 amide bonds. The molecule has 2 aliphatic rings. The first-order chi connectivity index (χ1) is 13.1. The second kappa shape index (κ2) is 8.02. The van der Waals surface area contributed by atoms with E-state index in [9.17, 15) is 8.78 Å². The van der Waals surface area contributed by atoms with Gasteiger partial charge in [-0.1, -0.05) is 0 Å². The monoisotopic (exact) mass is 375 g/mol. The van der Waals surface area contributed by atoms with E-state index in [1.54, 1.807) is 0 Å². The highest BCUT2D eigenvalue weighted by atomic mass is 19.1. The molecule has 0 saturated carbocycles. The van der Waals surface area contributed by atoms with E-state index in [2.05, 4.69) is 31.6 Å². The Kier molecular flexibility index (Phi) is 5.50. The third kappa shape index (κ3) is 4.19. The van der Waals surface area contributed by atoms with Crippen LogP contribution in [0.4, 0.5) is 8.78 Å². The van der Waals surface area contributed by atoms with Crippen LogP contribution in [0.25, 0.3) is 0 Å². The Morgan fingerprint density at radius 2 is 1.67 bits per heavy atom. The lowest BCUT2D eigenvalue weighted by Crippen LogP contribution is -2.33. The second-order valence-corrected chi connectivity index (χ2v) is 7.80. The maximum Gasteiger partial charge on any atom is 0.146 e. The standard InChI is InChI=1S/C20H27F2N5/c1-25-19(14-26-8-2-3-9-26)23-24-20(25)15-6-10-27(11-7-15)13-16-12-17(21)4-5-18(16)22/h4-5,12,15H,2-3,6-11,13-14H2,1H3. The number of hydrogen-bond donors (Lipinski definition) is 0. The molecule has 2 fully saturated rings. The Balaban J connectivity index is 1.35. The van der Waals surface area contributed by atoms with Crippen molar-refractivity contribution in [2.75, 3.05) is 26.2 Å². The average molecular weight is 375 g/mol. The van der Waals surface area contributed by atoms with Gasteiger partial charge in [-0.15, -0.1) is 10.2 Å². The Labute approximate surface area is 159 Å². The van der Waals surface area contributed by atoms with E-state index in [0.29, 0.717) is 18.0 Å². The lowest BCUT2D eigenvalue weighted by molar-refractivity contribution is 0.198. The van der Waals surface area contributed by atoms with Crippen molar-refractivity contribution in [2.45, 2.75) is 44.7 Å². The van der Waals surface area contributed by atoms with Crippen LogP contribution in [0.3, 0.4) is 0 Å². The topological polar surface area (TPSA) is 37.2 Å². The molecular formula is C20H27F2N5. The summed E-state index contributed by atoms with van der Waals surface area (Å²) in [5.74, 6) is 1.75. The zero-order chi connectivity index (χ0) is 18.8. The largest absolute Gasteiger partial charge is 0.317 e. The molecule has 146 valence electrons. The molecule has 0 N–H and O–H groups in total. The van der Waals surface area contributed by atoms with Crippen LogP contribution in [0.1, 0.15) is 48.8 Å². The summed E-state index contributed by atoms with van der Waals surface area (Å²) < 4.78 is 29.4. The van der Waals surface area contributed by atoms with Crippen molar-refractivity contribution >= 4 is 0 Å². The summed E-state index contributed by atoms with van der Waals surface area (Å²) in [5, 5.41) is 8.90. The van der Waals surface area contributed by atoms with E-state index in [0.717, 1.165) is 57.2 Å². The van der Waals surface area contributed by atoms with Gasteiger partial charge in [0.15, 0.2) is 0 Å². The van der Waals surface area contributed by atoms with Gasteiger partial charge >= 0.3 is 0 Å². The van der Waals surface area contributed by atoms with Gasteiger partial charge < -0.3 is 4.57 Å². The van der Waals surface area contributed by atoms with Crippen LogP contribution in [0.2, 0.25) is 0 Å². The van der Waals surface area contributed by atoms with Gasteiger partial charge in [-0.3, -0.25) is 9.80 Å². The predicted molar refractivity (Wildman–Crippen MR) is 99.1 cm³/mol. The summed E-state index contributed by atoms with van der Waals surface area (Å²) in [4.78, 5) is 4.62. The number of benzene rings is 1. The fraction of sp³-hybridized carbons (Fsp3) is 0.600. The maximum atomic E-state index is 13.9. The molecule has 0 atom stereocenters. The van der Waals surface area contributed by atoms with Crippen molar-refractivity contribution in [1.29, 1.82) is 0 Å². The molecule has 2 aliphatic heterocycles. The maximum absolute atomic E-state index is 13.9. The van der Waals surface area contributed by atoms with E-state index in [-0.39, 0.29) is 11.6 Å². The van der Waals surface area contributed by atoms with Crippen LogP contribution >= 0.6 is 0 Å². The van der Waals surface area contributed by atoms with Gasteiger partial charge in [0.1, 0.15) is 23.3 Å². The fourth-order valence-corrected chi connectivity index (χ4v) is 4.26. The van der Waals surface area contributed by atoms with E-state index >= 15 is 0 Å². The lowest BCUT2D eigenvalue weighted by atomic mass is 9.95. The molecule has 27 heavy (non-hydrogen) atoms. The third-order valence-corrected chi connectivity index (χ3v) is 5.92. The molecule has 0 radical (unpaired) electrons. The lowest BCUT2D eigenvalue weighted by Gasteiger charge is -2.31. The summed E-state index contributed by atoms with van der Waals surface area (Å²) in [6.45, 7) is 5.34. The SMILES string of the molecule is Cn1c(CN2CCCC2)nnc1C1CCN(Cc2cc(F)ccc2F)CC1. The van der Waals surface area contributed by atoms with Gasteiger partial charge in [0.2, 0.25) is 0 Å². The molecule has 5 nitrogen and oxygen atoms in total. The zero-order valence-electron chi connectivity index (χ0n) is 15.9. The van der Waals surface area contributed by atoms with Gasteiger partial charge in [0, 0.05) is 25.1 Å². The van der Waals surface area contributed by atoms with Gasteiger partial charge in [0.25, 0.3) is 0 Å². The van der Waals surface area contributed by atoms with Crippen molar-refractivity contribution in [3.63, 3.8) is 0 Å². The van der Waals surface area contributed by atoms with E-state index in [1.807, 2.05) is 0 Å². The first-order valence-electron chi connectivity index (χ1n) is 9.87. The van der Waals surface area contributed by atoms with Gasteiger partial charge in [-0.25, -0.2) is 8.78 Å². The third-order valence-electron chi connectivity index (χ3n) is 5.92. The Morgan fingerprint density at radius 1 is 0.963 bits per heavy atom. The van der Waals surface area contributed by atoms with E-state index < -0.39 is 0 Å². The van der Waals surface area contributed by atoms with Gasteiger partial charge in [-0.2, -0.15) is 0 Å². The molecule has 0 spiro atoms. The first kappa shape index (κ1) is 18.5. The van der Waals surface area contributed by atoms with E-state index in [1.165, 1.54) is 31.0 Å². The minimum atomic E-state index is -0.383. The number of piperidine rings is 1. The number of halogens is 2. The minimum absolute atomic E-state index is 0.335. The highest BCUT2D eigenvalue weighted by Crippen LogP contribution is 2.28. The minimum Gasteiger partial charge on any atom is -0.317 e. The van der Waals surface area contributed by atoms with Crippen LogP contribution in [-0.4, -0.2) is 50.7 Å². The van der Waals surface area contributed by atoms with Crippen molar-refractivity contribution in [3.8, 4) is 0 Å². The first-order valence-corrected chi connectivity index (χ1v) is 9.87. The molecule has 7 heteroatoms. The van der Waals surface area contributed by atoms with Gasteiger partial charge in [0.05, 0.1) is 6.54 Å². The highest BCUT2D eigenvalue weighted by molar-refractivity contribution is 5.18. The zero-order valence-corrected chi connectivity index (χ0v) is 15.9. The normalized spacial score (nSPS) is 19.8. The number of nitrogens with zero attached hydrogens (tertiary/aromatic N) is 5. The molecule has 0 bridgehead atoms. The average Bonchev–Trinajstić information content (AvgIpc) is 3.30. The van der Waals surface area contributed by atoms with Crippen molar-refractivity contribution in [2.24, 2.45) is 7.05 Å². The molecular weight excluding hydrogens is 348 g/mol. The molecule has 1 aromatic carbocycles. The van der Waals surface area contributed by atoms with Crippen LogP contribution < -0.4 is 0 Å². The summed E-state index contributed by atoms with van der Waals surface area (Å²) in [5.41, 5.74) is 0.431. The quantitative estimate of drug-likeness (QED) is 0.805. The predicted octanol–water partition coefficient (Wildman–Crippen LogP) is 3.07. The highest BCUT2D eigenvalue weighted by Gasteiger charge is 2.26. The molecule has 3 heterocycles. The summed E-state index contributed by atoms with van der Waals surface area (Å²) in [6, 6.07) is 3.67. The van der Waals surface area contributed by atoms with Crippen LogP contribution in [0, 0.1) is 11.6 Å². The number of aromatic nitrogens is 3. The number of rotatable bonds is 5. The Morgan fingerprint density at radius 3 is 2.41 bits per heavy atom. The summed E-state index contributed by atoms with van der Waals surface area (Å²) in [7, 11) is 2.06.